The van der Waals surface area contributed by atoms with Crippen molar-refractivity contribution in [2.45, 2.75) is 70.7 Å². The molecule has 0 bridgehead atoms. The van der Waals surface area contributed by atoms with Gasteiger partial charge in [0.1, 0.15) is 23.0 Å². The molecule has 11 nitrogen and oxygen atoms in total. The highest BCUT2D eigenvalue weighted by Crippen LogP contribution is 2.37. The molecule has 0 radical (unpaired) electrons. The minimum Gasteiger partial charge on any atom is -0.469 e. The largest absolute Gasteiger partial charge is 0.469 e. The summed E-state index contributed by atoms with van der Waals surface area (Å²) in [5, 5.41) is 5.18. The molecule has 3 rings (SSSR count). The highest BCUT2D eigenvalue weighted by atomic mass is 32.2. The number of alkyl carbamates (subject to hydrolysis) is 1. The lowest BCUT2D eigenvalue weighted by Crippen LogP contribution is -2.49. The number of pyridine rings is 1. The van der Waals surface area contributed by atoms with E-state index in [1.807, 2.05) is 0 Å². The van der Waals surface area contributed by atoms with Crippen molar-refractivity contribution in [3.63, 3.8) is 0 Å². The highest BCUT2D eigenvalue weighted by Gasteiger charge is 2.36. The Morgan fingerprint density at radius 2 is 1.73 bits per heavy atom. The standard InChI is InChI=1S/C25H34N4O7S/c1-16-9-8-10-19(11-16)37(32,33)29-15-18(14-27-22(30)35-24(2,3)4)34-21-20(29)12-17(13-26-21)28-23(31)36-25(5,6)7/h8-13,18H,14-15H2,1-7H3,(H,27,30)(H,28,31)/t18-/m0/s1. The summed E-state index contributed by atoms with van der Waals surface area (Å²) in [6.45, 7) is 12.1. The van der Waals surface area contributed by atoms with E-state index in [1.54, 1.807) is 66.7 Å². The van der Waals surface area contributed by atoms with Gasteiger partial charge in [-0.25, -0.2) is 23.0 Å². The molecule has 1 atom stereocenters. The molecule has 12 heteroatoms. The summed E-state index contributed by atoms with van der Waals surface area (Å²) in [7, 11) is -4.05. The fourth-order valence-corrected chi connectivity index (χ4v) is 5.02. The van der Waals surface area contributed by atoms with Gasteiger partial charge >= 0.3 is 12.2 Å². The number of ether oxygens (including phenoxy) is 3. The number of fused-ring (bicyclic) bond motifs is 1. The summed E-state index contributed by atoms with van der Waals surface area (Å²) in [4.78, 5) is 28.7. The number of rotatable bonds is 5. The first-order chi connectivity index (χ1) is 17.0. The molecule has 2 N–H and O–H groups in total. The number of nitrogens with zero attached hydrogens (tertiary/aromatic N) is 2. The maximum Gasteiger partial charge on any atom is 0.412 e. The summed E-state index contributed by atoms with van der Waals surface area (Å²) < 4.78 is 45.0. The van der Waals surface area contributed by atoms with E-state index in [-0.39, 0.29) is 35.2 Å². The van der Waals surface area contributed by atoms with Crippen LogP contribution in [0.1, 0.15) is 47.1 Å². The molecule has 0 saturated heterocycles. The predicted molar refractivity (Wildman–Crippen MR) is 138 cm³/mol. The van der Waals surface area contributed by atoms with Crippen LogP contribution >= 0.6 is 0 Å². The Balaban J connectivity index is 1.92. The first-order valence-corrected chi connectivity index (χ1v) is 13.2. The summed E-state index contributed by atoms with van der Waals surface area (Å²) in [6.07, 6.45) is -0.778. The molecule has 1 aromatic heterocycles. The molecule has 37 heavy (non-hydrogen) atoms. The molecule has 2 heterocycles. The van der Waals surface area contributed by atoms with Crippen LogP contribution < -0.4 is 19.7 Å². The molecular formula is C25H34N4O7S. The average Bonchev–Trinajstić information content (AvgIpc) is 2.74. The molecule has 0 saturated carbocycles. The van der Waals surface area contributed by atoms with Gasteiger partial charge in [0.15, 0.2) is 0 Å². The number of carbonyl (C=O) groups excluding carboxylic acids is 2. The van der Waals surface area contributed by atoms with Gasteiger partial charge in [0.05, 0.1) is 29.9 Å². The van der Waals surface area contributed by atoms with Gasteiger partial charge in [-0.05, 0) is 72.2 Å². The molecule has 0 fully saturated rings. The van der Waals surface area contributed by atoms with E-state index in [4.69, 9.17) is 14.2 Å². The molecule has 0 unspecified atom stereocenters. The third kappa shape index (κ3) is 7.72. The van der Waals surface area contributed by atoms with E-state index in [1.165, 1.54) is 18.3 Å². The molecular weight excluding hydrogens is 500 g/mol. The third-order valence-corrected chi connectivity index (χ3v) is 6.62. The fraction of sp³-hybridized carbons (Fsp3) is 0.480. The molecule has 0 spiro atoms. The summed E-state index contributed by atoms with van der Waals surface area (Å²) >= 11 is 0. The van der Waals surface area contributed by atoms with E-state index >= 15 is 0 Å². The number of hydrogen-bond donors (Lipinski definition) is 2. The SMILES string of the molecule is Cc1cccc(S(=O)(=O)N2C[C@H](CNC(=O)OC(C)(C)C)Oc3ncc(NC(=O)OC(C)(C)C)cc32)c1. The van der Waals surface area contributed by atoms with Crippen molar-refractivity contribution in [1.29, 1.82) is 0 Å². The number of amides is 2. The Morgan fingerprint density at radius 1 is 1.08 bits per heavy atom. The summed E-state index contributed by atoms with van der Waals surface area (Å²) in [5.74, 6) is 0.0354. The van der Waals surface area contributed by atoms with Crippen molar-refractivity contribution in [3.05, 3.63) is 42.1 Å². The van der Waals surface area contributed by atoms with Gasteiger partial charge in [0.2, 0.25) is 5.88 Å². The maximum absolute atomic E-state index is 13.7. The number of benzene rings is 1. The predicted octanol–water partition coefficient (Wildman–Crippen LogP) is 4.22. The van der Waals surface area contributed by atoms with Crippen molar-refractivity contribution in [1.82, 2.24) is 10.3 Å². The topological polar surface area (TPSA) is 136 Å². The summed E-state index contributed by atoms with van der Waals surface area (Å²) in [5.41, 5.74) is -0.265. The van der Waals surface area contributed by atoms with Crippen LogP contribution in [-0.2, 0) is 19.5 Å². The van der Waals surface area contributed by atoms with E-state index in [9.17, 15) is 18.0 Å². The minimum absolute atomic E-state index is 0.0201. The van der Waals surface area contributed by atoms with Gasteiger partial charge in [-0.15, -0.1) is 0 Å². The van der Waals surface area contributed by atoms with Crippen molar-refractivity contribution in [2.24, 2.45) is 0 Å². The zero-order valence-corrected chi connectivity index (χ0v) is 22.9. The normalized spacial score (nSPS) is 15.8. The Kier molecular flexibility index (Phi) is 7.91. The van der Waals surface area contributed by atoms with Crippen molar-refractivity contribution < 1.29 is 32.2 Å². The average molecular weight is 535 g/mol. The first-order valence-electron chi connectivity index (χ1n) is 11.8. The number of carbonyl (C=O) groups is 2. The van der Waals surface area contributed by atoms with E-state index in [0.717, 1.165) is 9.87 Å². The first kappa shape index (κ1) is 28.0. The highest BCUT2D eigenvalue weighted by molar-refractivity contribution is 7.92. The zero-order valence-electron chi connectivity index (χ0n) is 22.1. The number of aromatic nitrogens is 1. The number of anilines is 2. The van der Waals surface area contributed by atoms with Gasteiger partial charge in [-0.1, -0.05) is 12.1 Å². The van der Waals surface area contributed by atoms with E-state index < -0.39 is 39.5 Å². The Bertz CT molecular complexity index is 1270. The van der Waals surface area contributed by atoms with Crippen molar-refractivity contribution in [2.75, 3.05) is 22.7 Å². The van der Waals surface area contributed by atoms with Crippen LogP contribution in [-0.4, -0.2) is 56.0 Å². The smallest absolute Gasteiger partial charge is 0.412 e. The Morgan fingerprint density at radius 3 is 2.35 bits per heavy atom. The molecule has 0 aliphatic carbocycles. The lowest BCUT2D eigenvalue weighted by Gasteiger charge is -2.35. The molecule has 1 aliphatic heterocycles. The molecule has 2 aromatic rings. The van der Waals surface area contributed by atoms with Gasteiger partial charge < -0.3 is 19.5 Å². The number of nitrogens with one attached hydrogen (secondary N) is 2. The van der Waals surface area contributed by atoms with Crippen LogP contribution in [0, 0.1) is 6.92 Å². The van der Waals surface area contributed by atoms with Crippen LogP contribution in [0.2, 0.25) is 0 Å². The van der Waals surface area contributed by atoms with Gasteiger partial charge in [-0.2, -0.15) is 0 Å². The fourth-order valence-electron chi connectivity index (χ4n) is 3.43. The number of hydrogen-bond acceptors (Lipinski definition) is 8. The second-order valence-corrected chi connectivity index (χ2v) is 12.5. The van der Waals surface area contributed by atoms with Gasteiger partial charge in [0, 0.05) is 0 Å². The maximum atomic E-state index is 13.7. The van der Waals surface area contributed by atoms with E-state index in [0.29, 0.717) is 0 Å². The van der Waals surface area contributed by atoms with Crippen LogP contribution in [0.25, 0.3) is 0 Å². The molecule has 2 amide bonds. The second-order valence-electron chi connectivity index (χ2n) is 10.7. The lowest BCUT2D eigenvalue weighted by atomic mass is 10.2. The monoisotopic (exact) mass is 534 g/mol. The quantitative estimate of drug-likeness (QED) is 0.582. The third-order valence-electron chi connectivity index (χ3n) is 4.84. The summed E-state index contributed by atoms with van der Waals surface area (Å²) in [6, 6.07) is 7.97. The zero-order chi connectivity index (χ0) is 27.6. The van der Waals surface area contributed by atoms with Crippen molar-refractivity contribution in [3.8, 4) is 5.88 Å². The molecule has 1 aliphatic rings. The Labute approximate surface area is 217 Å². The molecule has 1 aromatic carbocycles. The van der Waals surface area contributed by atoms with Crippen LogP contribution in [0.5, 0.6) is 5.88 Å². The van der Waals surface area contributed by atoms with Gasteiger partial charge in [-0.3, -0.25) is 9.62 Å². The number of aryl methyl sites for hydroxylation is 1. The minimum atomic E-state index is -4.05. The van der Waals surface area contributed by atoms with Crippen LogP contribution in [0.15, 0.2) is 41.4 Å². The number of sulfonamides is 1. The Hall–Kier alpha value is -3.54. The van der Waals surface area contributed by atoms with E-state index in [2.05, 4.69) is 15.6 Å². The lowest BCUT2D eigenvalue weighted by molar-refractivity contribution is 0.0499. The van der Waals surface area contributed by atoms with Gasteiger partial charge in [0.25, 0.3) is 10.0 Å². The molecule has 202 valence electrons. The van der Waals surface area contributed by atoms with Crippen LogP contribution in [0.3, 0.4) is 0 Å². The van der Waals surface area contributed by atoms with Crippen LogP contribution in [0.4, 0.5) is 21.0 Å². The van der Waals surface area contributed by atoms with Crippen molar-refractivity contribution >= 4 is 33.6 Å². The second kappa shape index (κ2) is 10.4.